The summed E-state index contributed by atoms with van der Waals surface area (Å²) in [7, 11) is 0. The van der Waals surface area contributed by atoms with E-state index < -0.39 is 0 Å². The van der Waals surface area contributed by atoms with Crippen LogP contribution in [0.4, 0.5) is 0 Å². The molecular formula is C17H22ClN5O. The van der Waals surface area contributed by atoms with E-state index in [1.807, 2.05) is 46.8 Å². The summed E-state index contributed by atoms with van der Waals surface area (Å²) in [6, 6.07) is 5.89. The van der Waals surface area contributed by atoms with Crippen LogP contribution in [0.2, 0.25) is 5.02 Å². The number of imidazole rings is 1. The molecule has 2 N–H and O–H groups in total. The van der Waals surface area contributed by atoms with Crippen LogP contribution in [0, 0.1) is 6.92 Å². The summed E-state index contributed by atoms with van der Waals surface area (Å²) >= 11 is 6.05. The summed E-state index contributed by atoms with van der Waals surface area (Å²) in [5.41, 5.74) is 2.99. The molecule has 0 saturated heterocycles. The van der Waals surface area contributed by atoms with E-state index in [1.54, 1.807) is 0 Å². The van der Waals surface area contributed by atoms with Crippen molar-refractivity contribution in [2.75, 3.05) is 6.61 Å². The minimum Gasteiger partial charge on any atom is -0.395 e. The van der Waals surface area contributed by atoms with Crippen LogP contribution in [-0.2, 0) is 19.6 Å². The zero-order chi connectivity index (χ0) is 17.1. The van der Waals surface area contributed by atoms with Crippen molar-refractivity contribution in [1.29, 1.82) is 0 Å². The van der Waals surface area contributed by atoms with Gasteiger partial charge in [0.25, 0.3) is 0 Å². The second-order valence-corrected chi connectivity index (χ2v) is 6.49. The molecule has 7 heteroatoms. The Morgan fingerprint density at radius 3 is 2.92 bits per heavy atom. The Morgan fingerprint density at radius 2 is 2.21 bits per heavy atom. The van der Waals surface area contributed by atoms with E-state index in [1.165, 1.54) is 0 Å². The van der Waals surface area contributed by atoms with Gasteiger partial charge in [0, 0.05) is 23.8 Å². The van der Waals surface area contributed by atoms with E-state index in [0.29, 0.717) is 18.1 Å². The summed E-state index contributed by atoms with van der Waals surface area (Å²) < 4.78 is 3.97. The van der Waals surface area contributed by atoms with Crippen molar-refractivity contribution < 1.29 is 5.11 Å². The highest BCUT2D eigenvalue weighted by atomic mass is 35.5. The molecule has 0 aliphatic carbocycles. The van der Waals surface area contributed by atoms with Gasteiger partial charge in [0.2, 0.25) is 0 Å². The molecule has 24 heavy (non-hydrogen) atoms. The molecule has 1 atom stereocenters. The lowest BCUT2D eigenvalue weighted by Gasteiger charge is -2.14. The first-order valence-corrected chi connectivity index (χ1v) is 8.42. The number of aliphatic hydroxyl groups excluding tert-OH is 1. The first kappa shape index (κ1) is 17.0. The summed E-state index contributed by atoms with van der Waals surface area (Å²) in [4.78, 5) is 4.66. The Labute approximate surface area is 146 Å². The van der Waals surface area contributed by atoms with Gasteiger partial charge in [-0.15, -0.1) is 0 Å². The molecule has 3 aromatic rings. The van der Waals surface area contributed by atoms with E-state index in [2.05, 4.69) is 22.3 Å². The van der Waals surface area contributed by atoms with Crippen molar-refractivity contribution >= 4 is 22.6 Å². The SMILES string of the molecule is Cc1cnn(CC(C)NCc2nc3cc(Cl)ccc3n2CCO)c1. The molecule has 6 nitrogen and oxygen atoms in total. The average molecular weight is 348 g/mol. The van der Waals surface area contributed by atoms with E-state index in [0.717, 1.165) is 29.0 Å². The molecule has 0 bridgehead atoms. The summed E-state index contributed by atoms with van der Waals surface area (Å²) in [6.07, 6.45) is 3.89. The standard InChI is InChI=1S/C17H22ClN5O/c1-12-8-20-22(10-12)11-13(2)19-9-17-21-15-7-14(18)3-4-16(15)23(17)5-6-24/h3-4,7-8,10,13,19,24H,5-6,9,11H2,1-2H3. The number of aliphatic hydroxyl groups is 1. The van der Waals surface area contributed by atoms with Crippen molar-refractivity contribution in [3.63, 3.8) is 0 Å². The number of halogens is 1. The normalized spacial score (nSPS) is 12.8. The first-order chi connectivity index (χ1) is 11.6. The molecule has 0 spiro atoms. The van der Waals surface area contributed by atoms with Crippen molar-refractivity contribution in [1.82, 2.24) is 24.6 Å². The number of fused-ring (bicyclic) bond motifs is 1. The molecule has 2 heterocycles. The maximum atomic E-state index is 9.34. The monoisotopic (exact) mass is 347 g/mol. The largest absolute Gasteiger partial charge is 0.395 e. The number of nitrogens with one attached hydrogen (secondary N) is 1. The van der Waals surface area contributed by atoms with Crippen molar-refractivity contribution in [2.24, 2.45) is 0 Å². The van der Waals surface area contributed by atoms with Gasteiger partial charge in [0.1, 0.15) is 5.82 Å². The van der Waals surface area contributed by atoms with Crippen LogP contribution in [0.25, 0.3) is 11.0 Å². The lowest BCUT2D eigenvalue weighted by atomic mass is 10.3. The number of hydrogen-bond acceptors (Lipinski definition) is 4. The molecule has 0 saturated carbocycles. The molecule has 0 fully saturated rings. The third-order valence-corrected chi connectivity index (χ3v) is 4.18. The van der Waals surface area contributed by atoms with Gasteiger partial charge < -0.3 is 15.0 Å². The molecule has 0 aliphatic heterocycles. The predicted molar refractivity (Wildman–Crippen MR) is 95.1 cm³/mol. The van der Waals surface area contributed by atoms with Gasteiger partial charge >= 0.3 is 0 Å². The Hall–Kier alpha value is -1.89. The Morgan fingerprint density at radius 1 is 1.38 bits per heavy atom. The van der Waals surface area contributed by atoms with E-state index in [9.17, 15) is 5.11 Å². The molecule has 3 rings (SSSR count). The van der Waals surface area contributed by atoms with Crippen LogP contribution in [-0.4, -0.2) is 37.1 Å². The zero-order valence-electron chi connectivity index (χ0n) is 13.9. The van der Waals surface area contributed by atoms with Crippen molar-refractivity contribution in [2.45, 2.75) is 39.5 Å². The van der Waals surface area contributed by atoms with Crippen molar-refractivity contribution in [3.8, 4) is 0 Å². The number of nitrogens with zero attached hydrogens (tertiary/aromatic N) is 4. The summed E-state index contributed by atoms with van der Waals surface area (Å²) in [6.45, 7) is 6.15. The smallest absolute Gasteiger partial charge is 0.123 e. The minimum atomic E-state index is 0.0726. The second-order valence-electron chi connectivity index (χ2n) is 6.06. The van der Waals surface area contributed by atoms with E-state index >= 15 is 0 Å². The van der Waals surface area contributed by atoms with Gasteiger partial charge in [-0.1, -0.05) is 11.6 Å². The van der Waals surface area contributed by atoms with Gasteiger partial charge in [-0.05, 0) is 37.6 Å². The van der Waals surface area contributed by atoms with E-state index in [4.69, 9.17) is 11.6 Å². The van der Waals surface area contributed by atoms with Crippen LogP contribution >= 0.6 is 11.6 Å². The second kappa shape index (κ2) is 7.34. The highest BCUT2D eigenvalue weighted by Gasteiger charge is 2.12. The van der Waals surface area contributed by atoms with Crippen LogP contribution in [0.1, 0.15) is 18.3 Å². The Kier molecular flexibility index (Phi) is 5.18. The third-order valence-electron chi connectivity index (χ3n) is 3.94. The number of benzene rings is 1. The van der Waals surface area contributed by atoms with Gasteiger partial charge in [-0.2, -0.15) is 5.10 Å². The molecule has 0 aliphatic rings. The highest BCUT2D eigenvalue weighted by molar-refractivity contribution is 6.31. The maximum absolute atomic E-state index is 9.34. The third kappa shape index (κ3) is 3.77. The fourth-order valence-electron chi connectivity index (χ4n) is 2.81. The number of aromatic nitrogens is 4. The van der Waals surface area contributed by atoms with Crippen LogP contribution in [0.3, 0.4) is 0 Å². The molecule has 0 amide bonds. The quantitative estimate of drug-likeness (QED) is 0.688. The van der Waals surface area contributed by atoms with Gasteiger partial charge in [-0.25, -0.2) is 4.98 Å². The number of aryl methyl sites for hydroxylation is 1. The Balaban J connectivity index is 1.72. The van der Waals surface area contributed by atoms with Crippen molar-refractivity contribution in [3.05, 3.63) is 47.0 Å². The molecule has 0 radical (unpaired) electrons. The zero-order valence-corrected chi connectivity index (χ0v) is 14.7. The van der Waals surface area contributed by atoms with Crippen LogP contribution in [0.15, 0.2) is 30.6 Å². The summed E-state index contributed by atoms with van der Waals surface area (Å²) in [5.74, 6) is 0.893. The fourth-order valence-corrected chi connectivity index (χ4v) is 2.98. The lowest BCUT2D eigenvalue weighted by molar-refractivity contribution is 0.275. The minimum absolute atomic E-state index is 0.0726. The highest BCUT2D eigenvalue weighted by Crippen LogP contribution is 2.20. The fraction of sp³-hybridized carbons (Fsp3) is 0.412. The van der Waals surface area contributed by atoms with Gasteiger partial charge in [-0.3, -0.25) is 4.68 Å². The van der Waals surface area contributed by atoms with Gasteiger partial charge in [0.05, 0.1) is 36.9 Å². The molecular weight excluding hydrogens is 326 g/mol. The molecule has 1 aromatic carbocycles. The summed E-state index contributed by atoms with van der Waals surface area (Å²) in [5, 5.41) is 17.8. The predicted octanol–water partition coefficient (Wildman–Crippen LogP) is 2.37. The molecule has 128 valence electrons. The number of hydrogen-bond donors (Lipinski definition) is 2. The van der Waals surface area contributed by atoms with E-state index in [-0.39, 0.29) is 12.6 Å². The lowest BCUT2D eigenvalue weighted by Crippen LogP contribution is -2.31. The van der Waals surface area contributed by atoms with Crippen LogP contribution in [0.5, 0.6) is 0 Å². The number of rotatable bonds is 7. The molecule has 2 aromatic heterocycles. The average Bonchev–Trinajstić information content (AvgIpc) is 3.09. The van der Waals surface area contributed by atoms with Gasteiger partial charge in [0.15, 0.2) is 0 Å². The van der Waals surface area contributed by atoms with Crippen LogP contribution < -0.4 is 5.32 Å². The maximum Gasteiger partial charge on any atom is 0.123 e. The first-order valence-electron chi connectivity index (χ1n) is 8.05. The molecule has 1 unspecified atom stereocenters. The topological polar surface area (TPSA) is 67.9 Å². The Bertz CT molecular complexity index is 826.